The fourth-order valence-corrected chi connectivity index (χ4v) is 10.8. The zero-order valence-corrected chi connectivity index (χ0v) is 53.6. The molecule has 0 bridgehead atoms. The number of H-pyrrole nitrogens is 2. The van der Waals surface area contributed by atoms with Crippen molar-refractivity contribution in [3.63, 3.8) is 0 Å². The lowest BCUT2D eigenvalue weighted by Crippen LogP contribution is -2.62. The van der Waals surface area contributed by atoms with Crippen LogP contribution in [0.15, 0.2) is 97.6 Å². The van der Waals surface area contributed by atoms with Gasteiger partial charge in [0.2, 0.25) is 65.0 Å². The van der Waals surface area contributed by atoms with Gasteiger partial charge < -0.3 is 105 Å². The molecular weight excluding hydrogens is 1280 g/mol. The van der Waals surface area contributed by atoms with Crippen LogP contribution in [0, 0.1) is 5.92 Å². The molecule has 11 amide bonds. The van der Waals surface area contributed by atoms with Gasteiger partial charge in [0.25, 0.3) is 0 Å². The summed E-state index contributed by atoms with van der Waals surface area (Å²) in [7, 11) is 0. The van der Waals surface area contributed by atoms with Crippen LogP contribution in [0.2, 0.25) is 0 Å². The number of aromatic amines is 2. The number of carbonyl (C=O) groups is 13. The van der Waals surface area contributed by atoms with Gasteiger partial charge in [0, 0.05) is 61.2 Å². The van der Waals surface area contributed by atoms with Crippen molar-refractivity contribution in [1.82, 2.24) is 67.7 Å². The average molecular weight is 1370 g/mol. The number of aliphatic carboxylic acids is 2. The first-order valence-electron chi connectivity index (χ1n) is 31.4. The number of carboxylic acid groups (broad SMARTS) is 2. The number of aromatic hydroxyl groups is 1. The van der Waals surface area contributed by atoms with Gasteiger partial charge in [-0.1, -0.05) is 74.5 Å². The fraction of sp³-hybridized carbons (Fsp3) is 0.438. The first-order chi connectivity index (χ1) is 46.7. The number of phenols is 1. The number of phenolic OH excluding ortho intramolecular Hbond substituents is 1. The van der Waals surface area contributed by atoms with E-state index in [0.717, 1.165) is 10.5 Å². The number of primary amides is 1. The molecule has 3 heterocycles. The molecule has 21 N–H and O–H groups in total. The topological polar surface area (TPSA) is 551 Å². The number of imidazole rings is 1. The van der Waals surface area contributed by atoms with Crippen molar-refractivity contribution in [3.05, 3.63) is 120 Å². The van der Waals surface area contributed by atoms with E-state index in [1.165, 1.54) is 43.0 Å². The third kappa shape index (κ3) is 22.7. The van der Waals surface area contributed by atoms with Crippen LogP contribution >= 0.6 is 0 Å². The summed E-state index contributed by atoms with van der Waals surface area (Å²) in [5, 5.41) is 82.9. The Hall–Kier alpha value is -10.8. The Labute approximate surface area is 560 Å². The highest BCUT2D eigenvalue weighted by Gasteiger charge is 2.41. The Morgan fingerprint density at radius 3 is 1.67 bits per heavy atom. The minimum absolute atomic E-state index is 0.0413. The number of amides is 11. The van der Waals surface area contributed by atoms with Gasteiger partial charge in [-0.25, -0.2) is 9.78 Å². The molecular formula is C64H83N15O19. The zero-order chi connectivity index (χ0) is 71.8. The Morgan fingerprint density at radius 2 is 1.08 bits per heavy atom. The predicted octanol–water partition coefficient (Wildman–Crippen LogP) is -4.60. The van der Waals surface area contributed by atoms with E-state index in [0.29, 0.717) is 22.0 Å². The lowest BCUT2D eigenvalue weighted by molar-refractivity contribution is -0.143. The Bertz CT molecular complexity index is 3610. The summed E-state index contributed by atoms with van der Waals surface area (Å²) >= 11 is 0. The molecule has 0 aliphatic carbocycles. The van der Waals surface area contributed by atoms with Crippen LogP contribution in [0.3, 0.4) is 0 Å². The summed E-state index contributed by atoms with van der Waals surface area (Å²) < 4.78 is 0. The average Bonchev–Trinajstić information content (AvgIpc) is 1.62. The molecule has 0 saturated carbocycles. The standard InChI is InChI=1S/C64H83N15O19/c1-33(2)21-47(64(97)98)75-59(92)46(26-52(66)84)74-55(88)42(18-19-53(85)86)70-57(90)44(24-36-27-68-41-12-7-6-11-39(36)41)72-58(91)45(25-37-28-67-32-69-37)73-60(93)49(30-81)77-62(95)51-13-8-20-79(51)63(96)50(31-82)78-61(94)48(29-80)76-56(89)43(23-35-14-16-38(83)17-15-35)71-54(87)40(65)22-34-9-4-3-5-10-34/h3-7,9-12,14-17,27-28,32-33,40,42-51,68,80-83H,8,13,18-26,29-31,65H2,1-2H3,(H2,66,84)(H,67,69)(H,70,90)(H,71,87)(H,72,91)(H,73,93)(H,74,88)(H,75,92)(H,76,89)(H,77,95)(H,78,94)(H,85,86)(H,97,98)/t40-,42-,43-,44-,45-,46-,47-,48-,49-,50-,51-/m0/s1. The number of aliphatic hydroxyl groups excluding tert-OH is 3. The number of carboxylic acids is 2. The Balaban J connectivity index is 1.16. The number of nitrogens with one attached hydrogen (secondary N) is 11. The molecule has 1 saturated heterocycles. The van der Waals surface area contributed by atoms with Crippen molar-refractivity contribution in [1.29, 1.82) is 0 Å². The number of carbonyl (C=O) groups excluding carboxylic acids is 11. The van der Waals surface area contributed by atoms with Crippen LogP contribution in [0.1, 0.15) is 74.8 Å². The van der Waals surface area contributed by atoms with E-state index >= 15 is 0 Å². The lowest BCUT2D eigenvalue weighted by atomic mass is 10.0. The maximum atomic E-state index is 14.7. The maximum absolute atomic E-state index is 14.7. The minimum atomic E-state index is -1.86. The van der Waals surface area contributed by atoms with Gasteiger partial charge in [0.1, 0.15) is 66.2 Å². The molecule has 0 spiro atoms. The second kappa shape index (κ2) is 36.9. The smallest absolute Gasteiger partial charge is 0.326 e. The van der Waals surface area contributed by atoms with Gasteiger partial charge in [0.15, 0.2) is 0 Å². The molecule has 1 aliphatic rings. The van der Waals surface area contributed by atoms with Crippen molar-refractivity contribution < 1.29 is 93.0 Å². The van der Waals surface area contributed by atoms with E-state index in [2.05, 4.69) is 62.8 Å². The van der Waals surface area contributed by atoms with E-state index in [-0.39, 0.29) is 62.4 Å². The summed E-state index contributed by atoms with van der Waals surface area (Å²) in [5.74, 6) is -14.9. The second-order valence-electron chi connectivity index (χ2n) is 23.9. The van der Waals surface area contributed by atoms with Crippen molar-refractivity contribution in [3.8, 4) is 5.75 Å². The van der Waals surface area contributed by atoms with Gasteiger partial charge in [0.05, 0.1) is 38.6 Å². The molecule has 5 aromatic rings. The number of hydrogen-bond donors (Lipinski definition) is 19. The van der Waals surface area contributed by atoms with Crippen LogP contribution in [-0.2, 0) is 88.0 Å². The highest BCUT2D eigenvalue weighted by molar-refractivity contribution is 6.00. The van der Waals surface area contributed by atoms with E-state index in [4.69, 9.17) is 11.5 Å². The fourth-order valence-electron chi connectivity index (χ4n) is 10.8. The number of benzene rings is 3. The van der Waals surface area contributed by atoms with Crippen LogP contribution in [0.5, 0.6) is 5.75 Å². The molecule has 34 heteroatoms. The van der Waals surface area contributed by atoms with Gasteiger partial charge in [-0.2, -0.15) is 0 Å². The summed E-state index contributed by atoms with van der Waals surface area (Å²) in [4.78, 5) is 187. The number of rotatable bonds is 38. The number of hydrogen-bond acceptors (Lipinski definition) is 19. The Morgan fingerprint density at radius 1 is 0.571 bits per heavy atom. The Kier molecular flexibility index (Phi) is 28.7. The molecule has 0 radical (unpaired) electrons. The number of fused-ring (bicyclic) bond motifs is 1. The van der Waals surface area contributed by atoms with E-state index < -0.39 is 189 Å². The van der Waals surface area contributed by atoms with Crippen molar-refractivity contribution in [2.75, 3.05) is 26.4 Å². The summed E-state index contributed by atoms with van der Waals surface area (Å²) in [6.07, 6.45) is 1.10. The predicted molar refractivity (Wildman–Crippen MR) is 345 cm³/mol. The van der Waals surface area contributed by atoms with E-state index in [9.17, 15) is 93.0 Å². The second-order valence-corrected chi connectivity index (χ2v) is 23.9. The molecule has 2 aromatic heterocycles. The van der Waals surface area contributed by atoms with Crippen LogP contribution < -0.4 is 59.3 Å². The number of aromatic nitrogens is 3. The molecule has 6 rings (SSSR count). The zero-order valence-electron chi connectivity index (χ0n) is 53.6. The summed E-state index contributed by atoms with van der Waals surface area (Å²) in [6, 6.07) is 3.43. The van der Waals surface area contributed by atoms with Crippen molar-refractivity contribution in [2.45, 2.75) is 145 Å². The van der Waals surface area contributed by atoms with Crippen molar-refractivity contribution in [2.24, 2.45) is 17.4 Å². The van der Waals surface area contributed by atoms with Crippen LogP contribution in [-0.4, -0.2) is 220 Å². The maximum Gasteiger partial charge on any atom is 0.326 e. The molecule has 1 aliphatic heterocycles. The van der Waals surface area contributed by atoms with Gasteiger partial charge in [-0.05, 0) is 72.9 Å². The third-order valence-electron chi connectivity index (χ3n) is 15.9. The first kappa shape index (κ1) is 76.2. The van der Waals surface area contributed by atoms with Gasteiger partial charge in [-0.3, -0.25) is 57.5 Å². The normalized spacial score (nSPS) is 15.8. The quantitative estimate of drug-likeness (QED) is 0.0177. The van der Waals surface area contributed by atoms with Gasteiger partial charge >= 0.3 is 11.9 Å². The third-order valence-corrected chi connectivity index (χ3v) is 15.9. The highest BCUT2D eigenvalue weighted by atomic mass is 16.4. The molecule has 98 heavy (non-hydrogen) atoms. The summed E-state index contributed by atoms with van der Waals surface area (Å²) in [6.45, 7) is 0.0171. The molecule has 1 fully saturated rings. The molecule has 3 aromatic carbocycles. The highest BCUT2D eigenvalue weighted by Crippen LogP contribution is 2.22. The van der Waals surface area contributed by atoms with E-state index in [1.807, 2.05) is 0 Å². The monoisotopic (exact) mass is 1370 g/mol. The van der Waals surface area contributed by atoms with E-state index in [1.54, 1.807) is 68.4 Å². The number of aliphatic hydroxyl groups is 3. The molecule has 34 nitrogen and oxygen atoms in total. The lowest BCUT2D eigenvalue weighted by Gasteiger charge is -2.30. The number of nitrogens with two attached hydrogens (primary N) is 2. The first-order valence-corrected chi connectivity index (χ1v) is 31.4. The number of likely N-dealkylation sites (tertiary alicyclic amines) is 1. The van der Waals surface area contributed by atoms with Crippen LogP contribution in [0.4, 0.5) is 0 Å². The molecule has 0 unspecified atom stereocenters. The molecule has 11 atom stereocenters. The summed E-state index contributed by atoms with van der Waals surface area (Å²) in [5.41, 5.74) is 14.1. The van der Waals surface area contributed by atoms with Crippen molar-refractivity contribution >= 4 is 87.8 Å². The number of para-hydroxylation sites is 1. The van der Waals surface area contributed by atoms with Crippen LogP contribution in [0.25, 0.3) is 10.9 Å². The SMILES string of the molecule is CC(C)C[C@H](NC(=O)[C@H](CC(N)=O)NC(=O)[C@H](CCC(=O)O)NC(=O)[C@H](Cc1c[nH]c2ccccc12)NC(=O)[C@H](Cc1cnc[nH]1)NC(=O)[C@H](CO)NC(=O)[C@@H]1CCCN1C(=O)[C@H](CO)NC(=O)[C@H](CO)NC(=O)[C@H](Cc1ccc(O)cc1)NC(=O)[C@@H](N)Cc1ccccc1)C(=O)O. The minimum Gasteiger partial charge on any atom is -0.508 e. The van der Waals surface area contributed by atoms with Gasteiger partial charge in [-0.15, -0.1) is 0 Å². The largest absolute Gasteiger partial charge is 0.508 e. The molecule has 528 valence electrons. The number of nitrogens with zero attached hydrogens (tertiary/aromatic N) is 2.